The topological polar surface area (TPSA) is 40.5 Å². The molecular weight excluding hydrogens is 202 g/mol. The molecule has 1 N–H and O–H groups in total. The van der Waals surface area contributed by atoms with E-state index in [1.165, 1.54) is 38.6 Å². The van der Waals surface area contributed by atoms with Crippen LogP contribution in [0.15, 0.2) is 0 Å². The normalized spacial score (nSPS) is 22.2. The molecule has 1 heterocycles. The lowest BCUT2D eigenvalue weighted by atomic mass is 9.94. The van der Waals surface area contributed by atoms with Gasteiger partial charge in [0, 0.05) is 13.0 Å². The number of likely N-dealkylation sites (tertiary alicyclic amines) is 1. The molecule has 3 heteroatoms. The molecule has 0 spiro atoms. The van der Waals surface area contributed by atoms with Gasteiger partial charge in [-0.3, -0.25) is 4.79 Å². The van der Waals surface area contributed by atoms with Gasteiger partial charge in [0.25, 0.3) is 0 Å². The Bertz CT molecular complexity index is 206. The maximum atomic E-state index is 10.7. The second-order valence-corrected chi connectivity index (χ2v) is 4.97. The molecular formula is C13H25NO2. The third-order valence-corrected chi connectivity index (χ3v) is 3.39. The zero-order chi connectivity index (χ0) is 11.8. The Morgan fingerprint density at radius 3 is 2.88 bits per heavy atom. The van der Waals surface area contributed by atoms with Crippen molar-refractivity contribution >= 4 is 5.97 Å². The highest BCUT2D eigenvalue weighted by Crippen LogP contribution is 2.19. The van der Waals surface area contributed by atoms with Gasteiger partial charge in [-0.15, -0.1) is 0 Å². The van der Waals surface area contributed by atoms with Crippen molar-refractivity contribution < 1.29 is 9.90 Å². The summed E-state index contributed by atoms with van der Waals surface area (Å²) in [7, 11) is 0. The minimum Gasteiger partial charge on any atom is -0.481 e. The van der Waals surface area contributed by atoms with E-state index in [0.717, 1.165) is 19.5 Å². The van der Waals surface area contributed by atoms with Crippen molar-refractivity contribution in [2.45, 2.75) is 51.9 Å². The number of carboxylic acid groups (broad SMARTS) is 1. The Morgan fingerprint density at radius 1 is 1.38 bits per heavy atom. The number of hydrogen-bond donors (Lipinski definition) is 1. The van der Waals surface area contributed by atoms with Crippen LogP contribution in [0.5, 0.6) is 0 Å². The fraction of sp³-hybridized carbons (Fsp3) is 0.923. The molecule has 0 aromatic heterocycles. The first kappa shape index (κ1) is 13.5. The van der Waals surface area contributed by atoms with Crippen LogP contribution in [-0.2, 0) is 4.79 Å². The van der Waals surface area contributed by atoms with Crippen molar-refractivity contribution in [2.75, 3.05) is 19.6 Å². The van der Waals surface area contributed by atoms with Gasteiger partial charge < -0.3 is 10.0 Å². The number of unbranched alkanes of at least 4 members (excludes halogenated alkanes) is 3. The largest absolute Gasteiger partial charge is 0.481 e. The molecule has 0 amide bonds. The molecule has 0 aliphatic carbocycles. The number of piperidine rings is 1. The summed E-state index contributed by atoms with van der Waals surface area (Å²) >= 11 is 0. The van der Waals surface area contributed by atoms with E-state index in [1.54, 1.807) is 0 Å². The van der Waals surface area contributed by atoms with Crippen LogP contribution in [-0.4, -0.2) is 35.6 Å². The molecule has 1 fully saturated rings. The van der Waals surface area contributed by atoms with E-state index in [2.05, 4.69) is 11.8 Å². The van der Waals surface area contributed by atoms with Crippen LogP contribution in [0.3, 0.4) is 0 Å². The number of nitrogens with zero attached hydrogens (tertiary/aromatic N) is 1. The molecule has 3 nitrogen and oxygen atoms in total. The lowest BCUT2D eigenvalue weighted by Gasteiger charge is -2.32. The third kappa shape index (κ3) is 5.50. The van der Waals surface area contributed by atoms with Crippen molar-refractivity contribution in [3.05, 3.63) is 0 Å². The third-order valence-electron chi connectivity index (χ3n) is 3.39. The van der Waals surface area contributed by atoms with Gasteiger partial charge in [-0.1, -0.05) is 26.2 Å². The molecule has 0 bridgehead atoms. The number of carbonyl (C=O) groups is 1. The highest BCUT2D eigenvalue weighted by atomic mass is 16.4. The lowest BCUT2D eigenvalue weighted by molar-refractivity contribution is -0.138. The number of hydrogen-bond acceptors (Lipinski definition) is 2. The van der Waals surface area contributed by atoms with E-state index in [1.807, 2.05) is 0 Å². The summed E-state index contributed by atoms with van der Waals surface area (Å²) in [6.07, 6.45) is 7.81. The van der Waals surface area contributed by atoms with Gasteiger partial charge in [0.2, 0.25) is 0 Å². The van der Waals surface area contributed by atoms with Crippen molar-refractivity contribution in [1.29, 1.82) is 0 Å². The summed E-state index contributed by atoms with van der Waals surface area (Å²) in [5, 5.41) is 8.78. The maximum absolute atomic E-state index is 10.7. The highest BCUT2D eigenvalue weighted by molar-refractivity contribution is 5.67. The van der Waals surface area contributed by atoms with E-state index < -0.39 is 5.97 Å². The number of carboxylic acids is 1. The first-order valence-corrected chi connectivity index (χ1v) is 6.66. The second-order valence-electron chi connectivity index (χ2n) is 4.97. The quantitative estimate of drug-likeness (QED) is 0.680. The van der Waals surface area contributed by atoms with E-state index in [9.17, 15) is 4.79 Å². The Hall–Kier alpha value is -0.570. The van der Waals surface area contributed by atoms with Crippen molar-refractivity contribution in [3.63, 3.8) is 0 Å². The van der Waals surface area contributed by atoms with Gasteiger partial charge in [-0.05, 0) is 38.3 Å². The van der Waals surface area contributed by atoms with Crippen LogP contribution in [0.2, 0.25) is 0 Å². The molecule has 1 aliphatic heterocycles. The van der Waals surface area contributed by atoms with Crippen LogP contribution in [0.4, 0.5) is 0 Å². The van der Waals surface area contributed by atoms with E-state index in [-0.39, 0.29) is 0 Å². The Balaban J connectivity index is 2.14. The summed E-state index contributed by atoms with van der Waals surface area (Å²) in [4.78, 5) is 13.1. The summed E-state index contributed by atoms with van der Waals surface area (Å²) in [6.45, 7) is 5.56. The molecule has 1 saturated heterocycles. The first-order chi connectivity index (χ1) is 7.72. The minimum absolute atomic E-state index is 0.353. The van der Waals surface area contributed by atoms with Crippen LogP contribution in [0, 0.1) is 5.92 Å². The fourth-order valence-electron chi connectivity index (χ4n) is 2.53. The van der Waals surface area contributed by atoms with Crippen LogP contribution in [0.1, 0.15) is 51.9 Å². The molecule has 1 atom stereocenters. The highest BCUT2D eigenvalue weighted by Gasteiger charge is 2.21. The van der Waals surface area contributed by atoms with Gasteiger partial charge in [-0.25, -0.2) is 0 Å². The summed E-state index contributed by atoms with van der Waals surface area (Å²) in [5.74, 6) is -0.254. The SMILES string of the molecule is CCCCCCN1CCCC(CC(=O)O)C1. The molecule has 1 unspecified atom stereocenters. The number of aliphatic carboxylic acids is 1. The molecule has 0 aromatic carbocycles. The Labute approximate surface area is 98.8 Å². The maximum Gasteiger partial charge on any atom is 0.303 e. The summed E-state index contributed by atoms with van der Waals surface area (Å²) < 4.78 is 0. The van der Waals surface area contributed by atoms with Crippen molar-refractivity contribution in [1.82, 2.24) is 4.90 Å². The molecule has 1 rings (SSSR count). The van der Waals surface area contributed by atoms with E-state index in [0.29, 0.717) is 12.3 Å². The van der Waals surface area contributed by atoms with Gasteiger partial charge in [0.1, 0.15) is 0 Å². The standard InChI is InChI=1S/C13H25NO2/c1-2-3-4-5-8-14-9-6-7-12(11-14)10-13(15)16/h12H,2-11H2,1H3,(H,15,16). The first-order valence-electron chi connectivity index (χ1n) is 6.66. The average molecular weight is 227 g/mol. The average Bonchev–Trinajstić information content (AvgIpc) is 2.24. The Morgan fingerprint density at radius 2 is 2.19 bits per heavy atom. The van der Waals surface area contributed by atoms with Gasteiger partial charge in [0.15, 0.2) is 0 Å². The monoisotopic (exact) mass is 227 g/mol. The van der Waals surface area contributed by atoms with Gasteiger partial charge in [0.05, 0.1) is 0 Å². The van der Waals surface area contributed by atoms with E-state index >= 15 is 0 Å². The molecule has 0 radical (unpaired) electrons. The molecule has 0 aromatic rings. The predicted molar refractivity (Wildman–Crippen MR) is 65.6 cm³/mol. The zero-order valence-corrected chi connectivity index (χ0v) is 10.5. The summed E-state index contributed by atoms with van der Waals surface area (Å²) in [6, 6.07) is 0. The number of rotatable bonds is 7. The van der Waals surface area contributed by atoms with Gasteiger partial charge >= 0.3 is 5.97 Å². The predicted octanol–water partition coefficient (Wildman–Crippen LogP) is 2.75. The minimum atomic E-state index is -0.641. The molecule has 1 aliphatic rings. The Kier molecular flexibility index (Phi) is 6.46. The fourth-order valence-corrected chi connectivity index (χ4v) is 2.53. The van der Waals surface area contributed by atoms with Crippen molar-refractivity contribution in [2.24, 2.45) is 5.92 Å². The molecule has 0 saturated carbocycles. The van der Waals surface area contributed by atoms with Crippen molar-refractivity contribution in [3.8, 4) is 0 Å². The summed E-state index contributed by atoms with van der Waals surface area (Å²) in [5.41, 5.74) is 0. The second kappa shape index (κ2) is 7.66. The molecule has 94 valence electrons. The lowest BCUT2D eigenvalue weighted by Crippen LogP contribution is -2.36. The van der Waals surface area contributed by atoms with Gasteiger partial charge in [-0.2, -0.15) is 0 Å². The van der Waals surface area contributed by atoms with Crippen LogP contribution in [0.25, 0.3) is 0 Å². The van der Waals surface area contributed by atoms with Crippen LogP contribution >= 0.6 is 0 Å². The van der Waals surface area contributed by atoms with E-state index in [4.69, 9.17) is 5.11 Å². The molecule has 16 heavy (non-hydrogen) atoms. The zero-order valence-electron chi connectivity index (χ0n) is 10.5. The smallest absolute Gasteiger partial charge is 0.303 e. The van der Waals surface area contributed by atoms with Crippen LogP contribution < -0.4 is 0 Å².